The number of rotatable bonds is 4. The quantitative estimate of drug-likeness (QED) is 0.291. The van der Waals surface area contributed by atoms with E-state index in [1.165, 1.54) is 29.3 Å². The molecular weight excluding hydrogens is 503 g/mol. The minimum absolute atomic E-state index is 0.0147. The molecule has 1 fully saturated rings. The van der Waals surface area contributed by atoms with E-state index in [1.54, 1.807) is 6.07 Å². The van der Waals surface area contributed by atoms with Gasteiger partial charge in [-0.2, -0.15) is 13.2 Å². The van der Waals surface area contributed by atoms with Crippen molar-refractivity contribution < 1.29 is 22.7 Å². The molecule has 3 aromatic heterocycles. The lowest BCUT2D eigenvalue weighted by molar-refractivity contribution is -0.137. The monoisotopic (exact) mass is 517 g/mol. The Morgan fingerprint density at radius 1 is 1.23 bits per heavy atom. The summed E-state index contributed by atoms with van der Waals surface area (Å²) >= 11 is 7.17. The van der Waals surface area contributed by atoms with Crippen molar-refractivity contribution in [2.45, 2.75) is 31.5 Å². The van der Waals surface area contributed by atoms with Crippen molar-refractivity contribution in [1.82, 2.24) is 14.5 Å². The molecule has 1 N–H and O–H groups in total. The highest BCUT2D eigenvalue weighted by Gasteiger charge is 2.35. The third-order valence-electron chi connectivity index (χ3n) is 6.12. The maximum Gasteiger partial charge on any atom is 0.416 e. The standard InChI is InChI=1S/C24H15ClF3N3O3S/c25-17-6-5-15-18-22(35-20(15)19(17)32)30-21(31(23(18)33)9-13-8-29-10-34-13)14-4-3-12(24(26,27)28)7-16(14)11-1-2-11/h3-8,10-11,32H,1-2,9H2. The summed E-state index contributed by atoms with van der Waals surface area (Å²) in [6.45, 7) is -0.0147. The highest BCUT2D eigenvalue weighted by Crippen LogP contribution is 2.47. The van der Waals surface area contributed by atoms with E-state index in [-0.39, 0.29) is 29.1 Å². The SMILES string of the molecule is O=c1c2c(nc(-c3ccc(C(F)(F)F)cc3C3CC3)n1Cc1cnco1)sc1c(O)c(Cl)ccc12. The lowest BCUT2D eigenvalue weighted by Gasteiger charge is -2.16. The van der Waals surface area contributed by atoms with Crippen molar-refractivity contribution >= 4 is 43.2 Å². The van der Waals surface area contributed by atoms with E-state index in [9.17, 15) is 23.1 Å². The van der Waals surface area contributed by atoms with Gasteiger partial charge in [-0.1, -0.05) is 23.7 Å². The first-order valence-electron chi connectivity index (χ1n) is 10.7. The topological polar surface area (TPSA) is 81.2 Å². The summed E-state index contributed by atoms with van der Waals surface area (Å²) in [4.78, 5) is 22.8. The van der Waals surface area contributed by atoms with E-state index in [4.69, 9.17) is 21.0 Å². The molecule has 5 aromatic rings. The summed E-state index contributed by atoms with van der Waals surface area (Å²) in [5.74, 6) is 0.429. The summed E-state index contributed by atoms with van der Waals surface area (Å²) in [6, 6.07) is 6.68. The first kappa shape index (κ1) is 22.1. The van der Waals surface area contributed by atoms with Gasteiger partial charge >= 0.3 is 6.18 Å². The molecule has 0 bridgehead atoms. The molecule has 0 atom stereocenters. The maximum atomic E-state index is 13.8. The zero-order valence-corrected chi connectivity index (χ0v) is 19.3. The van der Waals surface area contributed by atoms with Gasteiger partial charge in [0.15, 0.2) is 12.1 Å². The maximum absolute atomic E-state index is 13.8. The highest BCUT2D eigenvalue weighted by atomic mass is 35.5. The Kier molecular flexibility index (Phi) is 4.94. The zero-order valence-electron chi connectivity index (χ0n) is 17.8. The molecule has 6 nitrogen and oxygen atoms in total. The third-order valence-corrected chi connectivity index (χ3v) is 7.53. The smallest absolute Gasteiger partial charge is 0.416 e. The number of hydrogen-bond acceptors (Lipinski definition) is 6. The van der Waals surface area contributed by atoms with E-state index >= 15 is 0 Å². The fourth-order valence-corrected chi connectivity index (χ4v) is 5.61. The number of benzene rings is 2. The molecule has 0 saturated heterocycles. The van der Waals surface area contributed by atoms with Crippen LogP contribution in [0.5, 0.6) is 5.75 Å². The summed E-state index contributed by atoms with van der Waals surface area (Å²) in [6.07, 6.45) is -0.260. The first-order valence-corrected chi connectivity index (χ1v) is 11.8. The fraction of sp³-hybridized carbons (Fsp3) is 0.208. The van der Waals surface area contributed by atoms with Crippen LogP contribution in [-0.4, -0.2) is 19.6 Å². The first-order chi connectivity index (χ1) is 16.7. The van der Waals surface area contributed by atoms with E-state index in [2.05, 4.69) is 4.98 Å². The number of fused-ring (bicyclic) bond motifs is 3. The minimum Gasteiger partial charge on any atom is -0.505 e. The lowest BCUT2D eigenvalue weighted by atomic mass is 9.98. The van der Waals surface area contributed by atoms with Crippen molar-refractivity contribution in [3.63, 3.8) is 0 Å². The van der Waals surface area contributed by atoms with Crippen LogP contribution < -0.4 is 5.56 Å². The normalized spacial score (nSPS) is 14.3. The van der Waals surface area contributed by atoms with Gasteiger partial charge in [0.1, 0.15) is 16.4 Å². The van der Waals surface area contributed by atoms with Crippen molar-refractivity contribution in [3.8, 4) is 17.1 Å². The molecule has 0 spiro atoms. The number of thiophene rings is 1. The van der Waals surface area contributed by atoms with Crippen LogP contribution in [0, 0.1) is 0 Å². The van der Waals surface area contributed by atoms with Crippen molar-refractivity contribution in [3.05, 3.63) is 75.2 Å². The van der Waals surface area contributed by atoms with Gasteiger partial charge in [0.25, 0.3) is 5.56 Å². The number of phenolic OH excluding ortho intramolecular Hbond substituents is 1. The van der Waals surface area contributed by atoms with Crippen LogP contribution in [0.4, 0.5) is 13.2 Å². The second kappa shape index (κ2) is 7.82. The number of alkyl halides is 3. The molecule has 1 saturated carbocycles. The predicted molar refractivity (Wildman–Crippen MR) is 126 cm³/mol. The molecule has 0 aliphatic heterocycles. The van der Waals surface area contributed by atoms with Crippen molar-refractivity contribution in [2.75, 3.05) is 0 Å². The van der Waals surface area contributed by atoms with Crippen LogP contribution in [0.3, 0.4) is 0 Å². The Bertz CT molecular complexity index is 1670. The minimum atomic E-state index is -4.48. The number of nitrogens with zero attached hydrogens (tertiary/aromatic N) is 3. The van der Waals surface area contributed by atoms with Gasteiger partial charge in [-0.15, -0.1) is 11.3 Å². The summed E-state index contributed by atoms with van der Waals surface area (Å²) in [5, 5.41) is 11.4. The average Bonchev–Trinajstić information content (AvgIpc) is 3.40. The molecule has 2 aromatic carbocycles. The lowest BCUT2D eigenvalue weighted by Crippen LogP contribution is -2.24. The Morgan fingerprint density at radius 3 is 2.71 bits per heavy atom. The number of halogens is 4. The highest BCUT2D eigenvalue weighted by molar-refractivity contribution is 7.25. The van der Waals surface area contributed by atoms with E-state index in [0.717, 1.165) is 36.3 Å². The van der Waals surface area contributed by atoms with Gasteiger partial charge in [-0.25, -0.2) is 9.97 Å². The van der Waals surface area contributed by atoms with E-state index in [1.807, 2.05) is 0 Å². The van der Waals surface area contributed by atoms with Crippen molar-refractivity contribution in [1.29, 1.82) is 0 Å². The number of phenols is 1. The predicted octanol–water partition coefficient (Wildman–Crippen LogP) is 6.57. The molecule has 35 heavy (non-hydrogen) atoms. The van der Waals surface area contributed by atoms with Gasteiger partial charge in [0.05, 0.1) is 33.4 Å². The second-order valence-electron chi connectivity index (χ2n) is 8.42. The molecule has 6 rings (SSSR count). The second-order valence-corrected chi connectivity index (χ2v) is 9.83. The van der Waals surface area contributed by atoms with Crippen LogP contribution in [0.2, 0.25) is 5.02 Å². The molecule has 0 amide bonds. The molecule has 1 aliphatic rings. The van der Waals surface area contributed by atoms with Gasteiger partial charge in [0.2, 0.25) is 0 Å². The Hall–Kier alpha value is -3.37. The number of hydrogen-bond donors (Lipinski definition) is 1. The number of aromatic hydroxyl groups is 1. The van der Waals surface area contributed by atoms with Gasteiger partial charge in [-0.05, 0) is 42.5 Å². The number of oxazole rings is 1. The molecule has 11 heteroatoms. The average molecular weight is 518 g/mol. The largest absolute Gasteiger partial charge is 0.505 e. The Labute approximate surface area is 204 Å². The summed E-state index contributed by atoms with van der Waals surface area (Å²) in [5.41, 5.74) is -0.186. The van der Waals surface area contributed by atoms with Crippen LogP contribution in [0.15, 0.2) is 52.1 Å². The van der Waals surface area contributed by atoms with Gasteiger partial charge < -0.3 is 9.52 Å². The molecule has 178 valence electrons. The molecule has 1 aliphatic carbocycles. The molecular formula is C24H15ClF3N3O3S. The third kappa shape index (κ3) is 3.68. The van der Waals surface area contributed by atoms with Crippen molar-refractivity contribution in [2.24, 2.45) is 0 Å². The fourth-order valence-electron chi connectivity index (χ4n) is 4.29. The molecule has 0 unspecified atom stereocenters. The van der Waals surface area contributed by atoms with Crippen LogP contribution in [0.1, 0.15) is 35.6 Å². The summed E-state index contributed by atoms with van der Waals surface area (Å²) in [7, 11) is 0. The van der Waals surface area contributed by atoms with Gasteiger partial charge in [0, 0.05) is 10.9 Å². The van der Waals surface area contributed by atoms with Crippen LogP contribution in [-0.2, 0) is 12.7 Å². The van der Waals surface area contributed by atoms with E-state index in [0.29, 0.717) is 37.2 Å². The molecule has 3 heterocycles. The Morgan fingerprint density at radius 2 is 2.03 bits per heavy atom. The molecule has 0 radical (unpaired) electrons. The number of aromatic nitrogens is 3. The van der Waals surface area contributed by atoms with Gasteiger partial charge in [-0.3, -0.25) is 9.36 Å². The Balaban J connectivity index is 1.67. The van der Waals surface area contributed by atoms with Crippen LogP contribution in [0.25, 0.3) is 31.7 Å². The summed E-state index contributed by atoms with van der Waals surface area (Å²) < 4.78 is 47.5. The van der Waals surface area contributed by atoms with Crippen LogP contribution >= 0.6 is 22.9 Å². The van der Waals surface area contributed by atoms with E-state index < -0.39 is 17.3 Å². The zero-order chi connectivity index (χ0) is 24.5.